The maximum absolute atomic E-state index is 12.7. The number of halogens is 2. The Balaban J connectivity index is 1.55. The normalized spacial score (nSPS) is 13.9. The van der Waals surface area contributed by atoms with Gasteiger partial charge in [0.25, 0.3) is 0 Å². The zero-order chi connectivity index (χ0) is 20.4. The molecule has 4 rings (SSSR count). The zero-order valence-electron chi connectivity index (χ0n) is 15.4. The van der Waals surface area contributed by atoms with Crippen LogP contribution in [0.2, 0.25) is 5.02 Å². The molecule has 0 aromatic heterocycles. The number of fused-ring (bicyclic) bond motifs is 1. The van der Waals surface area contributed by atoms with Crippen molar-refractivity contribution in [2.45, 2.75) is 6.61 Å². The highest BCUT2D eigenvalue weighted by molar-refractivity contribution is 9.10. The van der Waals surface area contributed by atoms with Crippen LogP contribution in [0.5, 0.6) is 17.2 Å². The van der Waals surface area contributed by atoms with Gasteiger partial charge in [-0.1, -0.05) is 39.7 Å². The minimum absolute atomic E-state index is 0.177. The molecular formula is C23H16BrClO4. The summed E-state index contributed by atoms with van der Waals surface area (Å²) in [6.07, 6.45) is 1.68. The van der Waals surface area contributed by atoms with Crippen LogP contribution in [-0.4, -0.2) is 12.9 Å². The van der Waals surface area contributed by atoms with E-state index in [9.17, 15) is 4.79 Å². The molecule has 1 aliphatic heterocycles. The lowest BCUT2D eigenvalue weighted by Crippen LogP contribution is -1.99. The van der Waals surface area contributed by atoms with Crippen molar-refractivity contribution in [2.24, 2.45) is 0 Å². The molecule has 3 aromatic rings. The molecule has 0 amide bonds. The highest BCUT2D eigenvalue weighted by Gasteiger charge is 2.28. The molecule has 0 bridgehead atoms. The van der Waals surface area contributed by atoms with E-state index < -0.39 is 0 Å². The van der Waals surface area contributed by atoms with E-state index in [4.69, 9.17) is 25.8 Å². The smallest absolute Gasteiger partial charge is 0.231 e. The molecule has 0 fully saturated rings. The Bertz CT molecular complexity index is 1120. The van der Waals surface area contributed by atoms with Crippen molar-refractivity contribution in [3.8, 4) is 17.2 Å². The van der Waals surface area contributed by atoms with Crippen LogP contribution in [0.3, 0.4) is 0 Å². The molecular weight excluding hydrogens is 456 g/mol. The number of rotatable bonds is 5. The summed E-state index contributed by atoms with van der Waals surface area (Å²) in [4.78, 5) is 12.7. The van der Waals surface area contributed by atoms with Gasteiger partial charge < -0.3 is 14.2 Å². The second-order valence-corrected chi connectivity index (χ2v) is 7.75. The van der Waals surface area contributed by atoms with Crippen LogP contribution in [0.1, 0.15) is 21.5 Å². The van der Waals surface area contributed by atoms with Crippen LogP contribution in [-0.2, 0) is 6.61 Å². The van der Waals surface area contributed by atoms with Crippen LogP contribution in [0.15, 0.2) is 70.9 Å². The van der Waals surface area contributed by atoms with E-state index >= 15 is 0 Å². The SMILES string of the molecule is COc1ccc(Br)cc1/C=C1\Oc2cc(OCc3cccc(Cl)c3)ccc2C1=O. The molecule has 0 N–H and O–H groups in total. The van der Waals surface area contributed by atoms with E-state index in [1.807, 2.05) is 42.5 Å². The van der Waals surface area contributed by atoms with E-state index in [-0.39, 0.29) is 11.5 Å². The molecule has 1 aliphatic rings. The number of Topliss-reactive ketones (excluding diaryl/α,β-unsaturated/α-hetero) is 1. The summed E-state index contributed by atoms with van der Waals surface area (Å²) in [5, 5.41) is 0.659. The lowest BCUT2D eigenvalue weighted by Gasteiger charge is -2.08. The zero-order valence-corrected chi connectivity index (χ0v) is 17.8. The Morgan fingerprint density at radius 3 is 2.76 bits per heavy atom. The van der Waals surface area contributed by atoms with E-state index in [1.165, 1.54) is 0 Å². The number of ether oxygens (including phenoxy) is 3. The van der Waals surface area contributed by atoms with Gasteiger partial charge in [0.15, 0.2) is 5.76 Å². The third-order valence-corrected chi connectivity index (χ3v) is 5.14. The molecule has 6 heteroatoms. The van der Waals surface area contributed by atoms with Gasteiger partial charge in [0.1, 0.15) is 23.9 Å². The first-order valence-corrected chi connectivity index (χ1v) is 9.99. The molecule has 0 atom stereocenters. The third kappa shape index (κ3) is 4.31. The van der Waals surface area contributed by atoms with Gasteiger partial charge >= 0.3 is 0 Å². The quantitative estimate of drug-likeness (QED) is 0.409. The predicted octanol–water partition coefficient (Wildman–Crippen LogP) is 6.31. The van der Waals surface area contributed by atoms with Crippen LogP contribution in [0.4, 0.5) is 0 Å². The van der Waals surface area contributed by atoms with Gasteiger partial charge in [-0.05, 0) is 54.1 Å². The number of methoxy groups -OCH3 is 1. The number of hydrogen-bond donors (Lipinski definition) is 0. The van der Waals surface area contributed by atoms with Crippen molar-refractivity contribution < 1.29 is 19.0 Å². The summed E-state index contributed by atoms with van der Waals surface area (Å²) < 4.78 is 17.9. The molecule has 0 radical (unpaired) electrons. The molecule has 0 aliphatic carbocycles. The molecule has 146 valence electrons. The topological polar surface area (TPSA) is 44.8 Å². The number of carbonyl (C=O) groups excluding carboxylic acids is 1. The Labute approximate surface area is 181 Å². The van der Waals surface area contributed by atoms with Gasteiger partial charge in [-0.2, -0.15) is 0 Å². The number of hydrogen-bond acceptors (Lipinski definition) is 4. The average molecular weight is 472 g/mol. The van der Waals surface area contributed by atoms with Crippen LogP contribution in [0, 0.1) is 0 Å². The fraction of sp³-hybridized carbons (Fsp3) is 0.0870. The largest absolute Gasteiger partial charge is 0.496 e. The van der Waals surface area contributed by atoms with Gasteiger partial charge in [0.2, 0.25) is 5.78 Å². The molecule has 1 heterocycles. The summed E-state index contributed by atoms with van der Waals surface area (Å²) in [6, 6.07) is 18.2. The summed E-state index contributed by atoms with van der Waals surface area (Å²) in [6.45, 7) is 0.366. The number of allylic oxidation sites excluding steroid dienone is 1. The summed E-state index contributed by atoms with van der Waals surface area (Å²) >= 11 is 9.44. The van der Waals surface area contributed by atoms with Gasteiger partial charge in [0.05, 0.1) is 12.7 Å². The lowest BCUT2D eigenvalue weighted by atomic mass is 10.1. The first kappa shape index (κ1) is 19.6. The van der Waals surface area contributed by atoms with E-state index in [2.05, 4.69) is 15.9 Å². The van der Waals surface area contributed by atoms with Crippen molar-refractivity contribution in [1.29, 1.82) is 0 Å². The van der Waals surface area contributed by atoms with Gasteiger partial charge in [-0.3, -0.25) is 4.79 Å². The molecule has 0 saturated carbocycles. The Morgan fingerprint density at radius 1 is 1.10 bits per heavy atom. The summed E-state index contributed by atoms with van der Waals surface area (Å²) in [5.74, 6) is 1.79. The van der Waals surface area contributed by atoms with Crippen molar-refractivity contribution >= 4 is 39.4 Å². The van der Waals surface area contributed by atoms with Crippen molar-refractivity contribution in [2.75, 3.05) is 7.11 Å². The van der Waals surface area contributed by atoms with Crippen LogP contribution >= 0.6 is 27.5 Å². The number of ketones is 1. The first-order valence-electron chi connectivity index (χ1n) is 8.82. The van der Waals surface area contributed by atoms with Crippen LogP contribution < -0.4 is 14.2 Å². The van der Waals surface area contributed by atoms with Crippen molar-refractivity contribution in [1.82, 2.24) is 0 Å². The summed E-state index contributed by atoms with van der Waals surface area (Å²) in [5.41, 5.74) is 2.20. The maximum atomic E-state index is 12.7. The molecule has 0 unspecified atom stereocenters. The Kier molecular flexibility index (Phi) is 5.60. The highest BCUT2D eigenvalue weighted by Crippen LogP contribution is 2.36. The van der Waals surface area contributed by atoms with Gasteiger partial charge in [-0.25, -0.2) is 0 Å². The second-order valence-electron chi connectivity index (χ2n) is 6.40. The third-order valence-electron chi connectivity index (χ3n) is 4.41. The molecule has 29 heavy (non-hydrogen) atoms. The minimum Gasteiger partial charge on any atom is -0.496 e. The second kappa shape index (κ2) is 8.31. The fourth-order valence-corrected chi connectivity index (χ4v) is 3.60. The predicted molar refractivity (Wildman–Crippen MR) is 116 cm³/mol. The lowest BCUT2D eigenvalue weighted by molar-refractivity contribution is 0.101. The molecule has 3 aromatic carbocycles. The van der Waals surface area contributed by atoms with Crippen LogP contribution in [0.25, 0.3) is 6.08 Å². The van der Waals surface area contributed by atoms with E-state index in [1.54, 1.807) is 31.4 Å². The van der Waals surface area contributed by atoms with Gasteiger partial charge in [-0.15, -0.1) is 0 Å². The Hall–Kier alpha value is -2.76. The molecule has 4 nitrogen and oxygen atoms in total. The van der Waals surface area contributed by atoms with Crippen molar-refractivity contribution in [3.63, 3.8) is 0 Å². The minimum atomic E-state index is -0.177. The monoisotopic (exact) mass is 470 g/mol. The number of carbonyl (C=O) groups is 1. The summed E-state index contributed by atoms with van der Waals surface area (Å²) in [7, 11) is 1.58. The molecule has 0 saturated heterocycles. The first-order chi connectivity index (χ1) is 14.0. The van der Waals surface area contributed by atoms with Crippen molar-refractivity contribution in [3.05, 3.63) is 92.6 Å². The fourth-order valence-electron chi connectivity index (χ4n) is 3.01. The maximum Gasteiger partial charge on any atom is 0.231 e. The number of benzene rings is 3. The highest BCUT2D eigenvalue weighted by atomic mass is 79.9. The average Bonchev–Trinajstić information content (AvgIpc) is 3.01. The Morgan fingerprint density at radius 2 is 1.97 bits per heavy atom. The van der Waals surface area contributed by atoms with E-state index in [0.29, 0.717) is 34.4 Å². The molecule has 0 spiro atoms. The van der Waals surface area contributed by atoms with Gasteiger partial charge in [0, 0.05) is 21.1 Å². The standard InChI is InChI=1S/C23H16BrClO4/c1-27-20-8-5-16(24)10-15(20)11-22-23(26)19-7-6-18(12-21(19)29-22)28-13-14-3-2-4-17(25)9-14/h2-12H,13H2,1H3/b22-11-. The van der Waals surface area contributed by atoms with E-state index in [0.717, 1.165) is 15.6 Å².